The third-order valence-corrected chi connectivity index (χ3v) is 4.65. The first-order chi connectivity index (χ1) is 12.0. The summed E-state index contributed by atoms with van der Waals surface area (Å²) in [7, 11) is 0. The molecule has 1 atom stereocenters. The number of aromatic nitrogens is 1. The fourth-order valence-electron chi connectivity index (χ4n) is 2.55. The molecule has 0 aliphatic carbocycles. The second-order valence-corrected chi connectivity index (χ2v) is 6.49. The number of halogens is 1. The molecule has 6 nitrogen and oxygen atoms in total. The lowest BCUT2D eigenvalue weighted by Crippen LogP contribution is -2.48. The van der Waals surface area contributed by atoms with E-state index >= 15 is 0 Å². The number of amides is 2. The van der Waals surface area contributed by atoms with Gasteiger partial charge in [-0.25, -0.2) is 0 Å². The van der Waals surface area contributed by atoms with Crippen LogP contribution in [0.2, 0.25) is 5.02 Å². The van der Waals surface area contributed by atoms with Crippen molar-refractivity contribution in [2.24, 2.45) is 11.8 Å². The van der Waals surface area contributed by atoms with Gasteiger partial charge < -0.3 is 16.0 Å². The molecule has 0 radical (unpaired) electrons. The molecule has 0 saturated carbocycles. The van der Waals surface area contributed by atoms with Crippen LogP contribution in [0.25, 0.3) is 0 Å². The lowest BCUT2D eigenvalue weighted by Gasteiger charge is -2.31. The van der Waals surface area contributed by atoms with Crippen LogP contribution in [-0.4, -0.2) is 29.9 Å². The minimum Gasteiger partial charge on any atom is -0.326 e. The molecule has 2 heterocycles. The number of nitrogens with one attached hydrogen (secondary N) is 3. The predicted octanol–water partition coefficient (Wildman–Crippen LogP) is 2.78. The summed E-state index contributed by atoms with van der Waals surface area (Å²) in [6.07, 6.45) is 3.18. The highest BCUT2D eigenvalue weighted by Crippen LogP contribution is 2.24. The zero-order valence-electron chi connectivity index (χ0n) is 13.8. The first-order valence-corrected chi connectivity index (χ1v) is 8.45. The minimum atomic E-state index is -0.329. The maximum absolute atomic E-state index is 12.3. The number of nitrogens with zero attached hydrogens (tertiary/aromatic N) is 1. The van der Waals surface area contributed by atoms with Gasteiger partial charge in [-0.3, -0.25) is 14.6 Å². The van der Waals surface area contributed by atoms with Gasteiger partial charge in [0.15, 0.2) is 0 Å². The van der Waals surface area contributed by atoms with Crippen LogP contribution in [-0.2, 0) is 4.79 Å². The summed E-state index contributed by atoms with van der Waals surface area (Å²) in [5, 5.41) is 9.02. The number of rotatable bonds is 5. The van der Waals surface area contributed by atoms with Crippen molar-refractivity contribution in [2.45, 2.75) is 6.92 Å². The van der Waals surface area contributed by atoms with E-state index in [1.54, 1.807) is 42.7 Å². The molecule has 1 aromatic heterocycles. The van der Waals surface area contributed by atoms with Gasteiger partial charge in [-0.2, -0.15) is 0 Å². The molecule has 1 saturated heterocycles. The first-order valence-electron chi connectivity index (χ1n) is 8.07. The number of hydrogen-bond donors (Lipinski definition) is 3. The molecule has 2 aromatic rings. The number of pyridine rings is 1. The van der Waals surface area contributed by atoms with Crippen molar-refractivity contribution in [1.82, 2.24) is 10.3 Å². The Hall–Kier alpha value is -2.44. The fraction of sp³-hybridized carbons (Fsp3) is 0.278. The standard InChI is InChI=1S/C18H19ClN4O2/c1-11(12-8-21-9-12)17(24)22-13-4-5-15(16(19)7-13)18(25)23-14-3-2-6-20-10-14/h2-7,10-12,21H,8-9H2,1H3,(H,22,24)(H,23,25). The largest absolute Gasteiger partial charge is 0.326 e. The molecule has 1 fully saturated rings. The van der Waals surface area contributed by atoms with Gasteiger partial charge in [-0.05, 0) is 49.3 Å². The van der Waals surface area contributed by atoms with E-state index in [0.29, 0.717) is 22.9 Å². The van der Waals surface area contributed by atoms with Crippen molar-refractivity contribution in [3.8, 4) is 0 Å². The van der Waals surface area contributed by atoms with Crippen molar-refractivity contribution in [1.29, 1.82) is 0 Å². The van der Waals surface area contributed by atoms with Crippen LogP contribution >= 0.6 is 11.6 Å². The summed E-state index contributed by atoms with van der Waals surface area (Å²) in [5.74, 6) is -0.0894. The van der Waals surface area contributed by atoms with Gasteiger partial charge in [-0.15, -0.1) is 0 Å². The van der Waals surface area contributed by atoms with Crippen LogP contribution in [0.3, 0.4) is 0 Å². The smallest absolute Gasteiger partial charge is 0.257 e. The number of carbonyl (C=O) groups is 2. The van der Waals surface area contributed by atoms with E-state index < -0.39 is 0 Å². The summed E-state index contributed by atoms with van der Waals surface area (Å²) >= 11 is 6.22. The SMILES string of the molecule is CC(C(=O)Nc1ccc(C(=O)Nc2cccnc2)c(Cl)c1)C1CNC1. The molecule has 2 amide bonds. The van der Waals surface area contributed by atoms with Gasteiger partial charge in [0.25, 0.3) is 5.91 Å². The van der Waals surface area contributed by atoms with Crippen molar-refractivity contribution in [2.75, 3.05) is 23.7 Å². The van der Waals surface area contributed by atoms with Crippen LogP contribution < -0.4 is 16.0 Å². The predicted molar refractivity (Wildman–Crippen MR) is 97.8 cm³/mol. The Kier molecular flexibility index (Phi) is 5.31. The van der Waals surface area contributed by atoms with Crippen molar-refractivity contribution < 1.29 is 9.59 Å². The minimum absolute atomic E-state index is 0.0462. The maximum atomic E-state index is 12.3. The molecule has 130 valence electrons. The number of carbonyl (C=O) groups excluding carboxylic acids is 2. The molecule has 1 aliphatic heterocycles. The molecule has 7 heteroatoms. The number of hydrogen-bond acceptors (Lipinski definition) is 4. The van der Waals surface area contributed by atoms with Crippen molar-refractivity contribution >= 4 is 34.8 Å². The molecule has 0 bridgehead atoms. The zero-order valence-corrected chi connectivity index (χ0v) is 14.5. The second kappa shape index (κ2) is 7.63. The highest BCUT2D eigenvalue weighted by molar-refractivity contribution is 6.34. The third-order valence-electron chi connectivity index (χ3n) is 4.33. The third kappa shape index (κ3) is 4.15. The normalized spacial score (nSPS) is 15.1. The lowest BCUT2D eigenvalue weighted by molar-refractivity contribution is -0.121. The average molecular weight is 359 g/mol. The van der Waals surface area contributed by atoms with E-state index in [1.807, 2.05) is 6.92 Å². The highest BCUT2D eigenvalue weighted by atomic mass is 35.5. The molecule has 25 heavy (non-hydrogen) atoms. The quantitative estimate of drug-likeness (QED) is 0.767. The van der Waals surface area contributed by atoms with Crippen LogP contribution in [0.15, 0.2) is 42.7 Å². The number of anilines is 2. The lowest BCUT2D eigenvalue weighted by atomic mass is 9.88. The summed E-state index contributed by atoms with van der Waals surface area (Å²) in [6, 6.07) is 8.33. The van der Waals surface area contributed by atoms with E-state index in [-0.39, 0.29) is 22.8 Å². The Morgan fingerprint density at radius 3 is 2.64 bits per heavy atom. The first kappa shape index (κ1) is 17.4. The Morgan fingerprint density at radius 1 is 1.24 bits per heavy atom. The average Bonchev–Trinajstić information content (AvgIpc) is 2.54. The zero-order chi connectivity index (χ0) is 17.8. The Balaban J connectivity index is 1.66. The highest BCUT2D eigenvalue weighted by Gasteiger charge is 2.28. The summed E-state index contributed by atoms with van der Waals surface area (Å²) < 4.78 is 0. The molecule has 3 N–H and O–H groups in total. The fourth-order valence-corrected chi connectivity index (χ4v) is 2.81. The Morgan fingerprint density at radius 2 is 2.04 bits per heavy atom. The molecular weight excluding hydrogens is 340 g/mol. The molecule has 1 aliphatic rings. The topological polar surface area (TPSA) is 83.1 Å². The van der Waals surface area contributed by atoms with E-state index in [0.717, 1.165) is 13.1 Å². The molecule has 3 rings (SSSR count). The molecule has 1 aromatic carbocycles. The van der Waals surface area contributed by atoms with Gasteiger partial charge >= 0.3 is 0 Å². The molecule has 0 spiro atoms. The second-order valence-electron chi connectivity index (χ2n) is 6.09. The summed E-state index contributed by atoms with van der Waals surface area (Å²) in [6.45, 7) is 3.64. The molecule has 1 unspecified atom stereocenters. The van der Waals surface area contributed by atoms with Gasteiger partial charge in [0.2, 0.25) is 5.91 Å². The maximum Gasteiger partial charge on any atom is 0.257 e. The van der Waals surface area contributed by atoms with Crippen molar-refractivity contribution in [3.05, 3.63) is 53.3 Å². The van der Waals surface area contributed by atoms with Gasteiger partial charge in [0, 0.05) is 17.8 Å². The van der Waals surface area contributed by atoms with Crippen LogP contribution in [0.5, 0.6) is 0 Å². The number of benzene rings is 1. The van der Waals surface area contributed by atoms with Gasteiger partial charge in [0.1, 0.15) is 0 Å². The van der Waals surface area contributed by atoms with Crippen LogP contribution in [0.1, 0.15) is 17.3 Å². The Labute approximate surface area is 151 Å². The van der Waals surface area contributed by atoms with E-state index in [2.05, 4.69) is 20.9 Å². The van der Waals surface area contributed by atoms with E-state index in [1.165, 1.54) is 0 Å². The summed E-state index contributed by atoms with van der Waals surface area (Å²) in [4.78, 5) is 28.5. The summed E-state index contributed by atoms with van der Waals surface area (Å²) in [5.41, 5.74) is 1.50. The van der Waals surface area contributed by atoms with Crippen molar-refractivity contribution in [3.63, 3.8) is 0 Å². The Bertz CT molecular complexity index is 778. The van der Waals surface area contributed by atoms with Gasteiger partial charge in [0.05, 0.1) is 22.5 Å². The molecular formula is C18H19ClN4O2. The van der Waals surface area contributed by atoms with Crippen LogP contribution in [0, 0.1) is 11.8 Å². The van der Waals surface area contributed by atoms with E-state index in [9.17, 15) is 9.59 Å². The van der Waals surface area contributed by atoms with Crippen LogP contribution in [0.4, 0.5) is 11.4 Å². The van der Waals surface area contributed by atoms with E-state index in [4.69, 9.17) is 11.6 Å². The monoisotopic (exact) mass is 358 g/mol. The van der Waals surface area contributed by atoms with Gasteiger partial charge in [-0.1, -0.05) is 18.5 Å².